The van der Waals surface area contributed by atoms with Gasteiger partial charge in [-0.25, -0.2) is 0 Å². The zero-order chi connectivity index (χ0) is 12.3. The molecule has 17 heavy (non-hydrogen) atoms. The van der Waals surface area contributed by atoms with Crippen LogP contribution in [0.5, 0.6) is 5.75 Å². The highest BCUT2D eigenvalue weighted by Gasteiger charge is 2.17. The number of rotatable bonds is 4. The largest absolute Gasteiger partial charge is 0.491 e. The summed E-state index contributed by atoms with van der Waals surface area (Å²) >= 11 is 1.08. The van der Waals surface area contributed by atoms with Crippen LogP contribution >= 0.6 is 11.7 Å². The SMILES string of the molecule is CC(C)Oc1ccccc1C(O)c1cnsn1. The fourth-order valence-corrected chi connectivity index (χ4v) is 1.96. The zero-order valence-corrected chi connectivity index (χ0v) is 10.5. The number of aromatic nitrogens is 2. The van der Waals surface area contributed by atoms with E-state index in [1.54, 1.807) is 6.20 Å². The van der Waals surface area contributed by atoms with Gasteiger partial charge in [0.1, 0.15) is 17.5 Å². The van der Waals surface area contributed by atoms with Crippen molar-refractivity contribution >= 4 is 11.7 Å². The fourth-order valence-electron chi connectivity index (χ4n) is 1.52. The third kappa shape index (κ3) is 2.81. The molecule has 0 amide bonds. The second-order valence-electron chi connectivity index (χ2n) is 3.94. The summed E-state index contributed by atoms with van der Waals surface area (Å²) in [6.07, 6.45) is 0.849. The van der Waals surface area contributed by atoms with Gasteiger partial charge in [-0.15, -0.1) is 0 Å². The molecule has 0 aliphatic carbocycles. The van der Waals surface area contributed by atoms with Crippen molar-refractivity contribution in [2.45, 2.75) is 26.1 Å². The second kappa shape index (κ2) is 5.25. The highest BCUT2D eigenvalue weighted by Crippen LogP contribution is 2.29. The zero-order valence-electron chi connectivity index (χ0n) is 9.70. The van der Waals surface area contributed by atoms with Crippen LogP contribution in [0.25, 0.3) is 0 Å². The van der Waals surface area contributed by atoms with Crippen molar-refractivity contribution in [3.05, 3.63) is 41.7 Å². The molecule has 1 aromatic heterocycles. The Hall–Kier alpha value is -1.46. The molecular formula is C12H14N2O2S. The van der Waals surface area contributed by atoms with Gasteiger partial charge in [0.2, 0.25) is 0 Å². The summed E-state index contributed by atoms with van der Waals surface area (Å²) in [7, 11) is 0. The Morgan fingerprint density at radius 3 is 2.71 bits per heavy atom. The highest BCUT2D eigenvalue weighted by atomic mass is 32.1. The van der Waals surface area contributed by atoms with E-state index in [1.807, 2.05) is 38.1 Å². The predicted molar refractivity (Wildman–Crippen MR) is 66.2 cm³/mol. The molecule has 0 radical (unpaired) electrons. The molecule has 2 aromatic rings. The molecule has 0 aliphatic rings. The molecule has 0 aliphatic heterocycles. The minimum absolute atomic E-state index is 0.0666. The Morgan fingerprint density at radius 2 is 2.06 bits per heavy atom. The number of aliphatic hydroxyl groups excluding tert-OH is 1. The van der Waals surface area contributed by atoms with E-state index >= 15 is 0 Å². The molecule has 1 N–H and O–H groups in total. The molecule has 1 heterocycles. The molecule has 4 nitrogen and oxygen atoms in total. The lowest BCUT2D eigenvalue weighted by Gasteiger charge is -2.16. The predicted octanol–water partition coefficient (Wildman–Crippen LogP) is 2.41. The van der Waals surface area contributed by atoms with Crippen LogP contribution in [0.2, 0.25) is 0 Å². The third-order valence-corrected chi connectivity index (χ3v) is 2.73. The Bertz CT molecular complexity index is 471. The van der Waals surface area contributed by atoms with Crippen LogP contribution in [0.15, 0.2) is 30.5 Å². The van der Waals surface area contributed by atoms with Crippen LogP contribution in [-0.4, -0.2) is 20.0 Å². The minimum Gasteiger partial charge on any atom is -0.491 e. The molecule has 1 unspecified atom stereocenters. The summed E-state index contributed by atoms with van der Waals surface area (Å²) in [6.45, 7) is 3.90. The summed E-state index contributed by atoms with van der Waals surface area (Å²) in [4.78, 5) is 0. The third-order valence-electron chi connectivity index (χ3n) is 2.23. The number of aliphatic hydroxyl groups is 1. The van der Waals surface area contributed by atoms with Gasteiger partial charge in [0.15, 0.2) is 0 Å². The van der Waals surface area contributed by atoms with Crippen LogP contribution < -0.4 is 4.74 Å². The van der Waals surface area contributed by atoms with Gasteiger partial charge in [0, 0.05) is 5.56 Å². The van der Waals surface area contributed by atoms with Gasteiger partial charge in [-0.05, 0) is 19.9 Å². The van der Waals surface area contributed by atoms with Crippen LogP contribution in [0.3, 0.4) is 0 Å². The van der Waals surface area contributed by atoms with E-state index in [2.05, 4.69) is 8.75 Å². The molecule has 0 saturated carbocycles. The monoisotopic (exact) mass is 250 g/mol. The molecule has 0 saturated heterocycles. The lowest BCUT2D eigenvalue weighted by molar-refractivity contribution is 0.195. The smallest absolute Gasteiger partial charge is 0.127 e. The molecule has 0 spiro atoms. The van der Waals surface area contributed by atoms with E-state index in [-0.39, 0.29) is 6.10 Å². The number of para-hydroxylation sites is 1. The van der Waals surface area contributed by atoms with Crippen molar-refractivity contribution < 1.29 is 9.84 Å². The number of ether oxygens (including phenoxy) is 1. The van der Waals surface area contributed by atoms with E-state index in [0.29, 0.717) is 17.0 Å². The van der Waals surface area contributed by atoms with Crippen molar-refractivity contribution in [2.24, 2.45) is 0 Å². The normalized spacial score (nSPS) is 12.7. The summed E-state index contributed by atoms with van der Waals surface area (Å²) in [5.74, 6) is 0.683. The minimum atomic E-state index is -0.788. The lowest BCUT2D eigenvalue weighted by Crippen LogP contribution is -2.10. The Kier molecular flexibility index (Phi) is 3.71. The van der Waals surface area contributed by atoms with Crippen molar-refractivity contribution in [3.63, 3.8) is 0 Å². The summed E-state index contributed by atoms with van der Waals surface area (Å²) in [5, 5.41) is 10.2. The highest BCUT2D eigenvalue weighted by molar-refractivity contribution is 6.99. The van der Waals surface area contributed by atoms with Crippen molar-refractivity contribution in [3.8, 4) is 5.75 Å². The molecule has 0 bridgehead atoms. The molecule has 1 aromatic carbocycles. The first-order valence-electron chi connectivity index (χ1n) is 5.39. The number of hydrogen-bond acceptors (Lipinski definition) is 5. The van der Waals surface area contributed by atoms with Gasteiger partial charge in [-0.3, -0.25) is 0 Å². The second-order valence-corrected chi connectivity index (χ2v) is 4.50. The van der Waals surface area contributed by atoms with Gasteiger partial charge in [0.05, 0.1) is 24.0 Å². The number of hydrogen-bond donors (Lipinski definition) is 1. The van der Waals surface area contributed by atoms with Gasteiger partial charge < -0.3 is 9.84 Å². The molecule has 2 rings (SSSR count). The average Bonchev–Trinajstić information content (AvgIpc) is 2.81. The Labute approximate surface area is 104 Å². The standard InChI is InChI=1S/C12H14N2O2S/c1-8(2)16-11-6-4-3-5-9(11)12(15)10-7-13-17-14-10/h3-8,12,15H,1-2H3. The van der Waals surface area contributed by atoms with Crippen molar-refractivity contribution in [1.29, 1.82) is 0 Å². The van der Waals surface area contributed by atoms with Crippen LogP contribution in [0.4, 0.5) is 0 Å². The first-order valence-corrected chi connectivity index (χ1v) is 6.12. The fraction of sp³-hybridized carbons (Fsp3) is 0.333. The topological polar surface area (TPSA) is 55.2 Å². The molecule has 5 heteroatoms. The van der Waals surface area contributed by atoms with Gasteiger partial charge in [0.25, 0.3) is 0 Å². The first-order chi connectivity index (χ1) is 8.18. The lowest BCUT2D eigenvalue weighted by atomic mass is 10.1. The molecule has 90 valence electrons. The Morgan fingerprint density at radius 1 is 1.29 bits per heavy atom. The van der Waals surface area contributed by atoms with Crippen LogP contribution in [-0.2, 0) is 0 Å². The van der Waals surface area contributed by atoms with Crippen molar-refractivity contribution in [2.75, 3.05) is 0 Å². The maximum atomic E-state index is 10.2. The van der Waals surface area contributed by atoms with Gasteiger partial charge in [-0.1, -0.05) is 18.2 Å². The first kappa shape index (κ1) is 12.0. The maximum Gasteiger partial charge on any atom is 0.127 e. The van der Waals surface area contributed by atoms with Gasteiger partial charge in [-0.2, -0.15) is 8.75 Å². The van der Waals surface area contributed by atoms with E-state index < -0.39 is 6.10 Å². The van der Waals surface area contributed by atoms with Gasteiger partial charge >= 0.3 is 0 Å². The summed E-state index contributed by atoms with van der Waals surface area (Å²) < 4.78 is 13.6. The summed E-state index contributed by atoms with van der Waals surface area (Å²) in [5.41, 5.74) is 1.27. The molecule has 0 fully saturated rings. The number of nitrogens with zero attached hydrogens (tertiary/aromatic N) is 2. The molecule has 1 atom stereocenters. The quantitative estimate of drug-likeness (QED) is 0.905. The van der Waals surface area contributed by atoms with Crippen LogP contribution in [0.1, 0.15) is 31.2 Å². The molecular weight excluding hydrogens is 236 g/mol. The van der Waals surface area contributed by atoms with E-state index in [1.165, 1.54) is 0 Å². The van der Waals surface area contributed by atoms with E-state index in [4.69, 9.17) is 4.74 Å². The summed E-state index contributed by atoms with van der Waals surface area (Å²) in [6, 6.07) is 7.43. The Balaban J connectivity index is 2.31. The van der Waals surface area contributed by atoms with E-state index in [0.717, 1.165) is 11.7 Å². The average molecular weight is 250 g/mol. The van der Waals surface area contributed by atoms with Crippen LogP contribution in [0, 0.1) is 0 Å². The van der Waals surface area contributed by atoms with E-state index in [9.17, 15) is 5.11 Å². The van der Waals surface area contributed by atoms with Crippen molar-refractivity contribution in [1.82, 2.24) is 8.75 Å². The number of benzene rings is 1. The maximum absolute atomic E-state index is 10.2.